The second kappa shape index (κ2) is 9.85. The minimum atomic E-state index is -0.779. The molecule has 3 aromatic rings. The first-order chi connectivity index (χ1) is 17.5. The van der Waals surface area contributed by atoms with Gasteiger partial charge in [0.25, 0.3) is 11.7 Å². The summed E-state index contributed by atoms with van der Waals surface area (Å²) in [6.45, 7) is 4.73. The zero-order valence-electron chi connectivity index (χ0n) is 20.3. The number of pyridine rings is 1. The molecule has 36 heavy (non-hydrogen) atoms. The predicted molar refractivity (Wildman–Crippen MR) is 135 cm³/mol. The summed E-state index contributed by atoms with van der Waals surface area (Å²) in [5, 5.41) is 11.4. The van der Waals surface area contributed by atoms with Crippen LogP contribution in [0.4, 0.5) is 0 Å². The molecule has 0 unspecified atom stereocenters. The molecule has 0 spiro atoms. The molecule has 0 aliphatic carbocycles. The second-order valence-corrected chi connectivity index (χ2v) is 9.16. The number of hydrogen-bond donors (Lipinski definition) is 1. The Balaban J connectivity index is 1.61. The molecule has 1 fully saturated rings. The van der Waals surface area contributed by atoms with Crippen LogP contribution in [0.2, 0.25) is 0 Å². The van der Waals surface area contributed by atoms with Crippen molar-refractivity contribution in [3.05, 3.63) is 94.8 Å². The summed E-state index contributed by atoms with van der Waals surface area (Å²) >= 11 is 0. The number of ether oxygens (including phenoxy) is 2. The highest BCUT2D eigenvalue weighted by atomic mass is 16.5. The molecule has 2 aliphatic heterocycles. The minimum absolute atomic E-state index is 0.0494. The Morgan fingerprint density at radius 2 is 2.03 bits per heavy atom. The molecule has 184 valence electrons. The Hall–Kier alpha value is -4.13. The number of likely N-dealkylation sites (tertiary alicyclic amines) is 1. The van der Waals surface area contributed by atoms with Gasteiger partial charge in [0.1, 0.15) is 23.4 Å². The summed E-state index contributed by atoms with van der Waals surface area (Å²) in [5.74, 6) is -0.164. The summed E-state index contributed by atoms with van der Waals surface area (Å²) in [7, 11) is 0. The van der Waals surface area contributed by atoms with Crippen LogP contribution in [-0.4, -0.2) is 39.4 Å². The molecule has 1 amide bonds. The van der Waals surface area contributed by atoms with Gasteiger partial charge >= 0.3 is 0 Å². The third-order valence-electron chi connectivity index (χ3n) is 6.43. The molecule has 7 nitrogen and oxygen atoms in total. The highest BCUT2D eigenvalue weighted by Gasteiger charge is 2.46. The number of carbonyl (C=O) groups excluding carboxylic acids is 2. The molecule has 1 aromatic heterocycles. The van der Waals surface area contributed by atoms with Crippen LogP contribution >= 0.6 is 0 Å². The molecule has 1 saturated heterocycles. The summed E-state index contributed by atoms with van der Waals surface area (Å²) in [4.78, 5) is 32.3. The SMILES string of the molecule is CCCOc1cccc([C@@H]2/C(=C(\O)c3ccc4c(c3)C[C@@H](C)O4)C(=O)C(=O)N2Cc2cccnc2)c1. The van der Waals surface area contributed by atoms with Crippen molar-refractivity contribution in [2.24, 2.45) is 0 Å². The second-order valence-electron chi connectivity index (χ2n) is 9.16. The van der Waals surface area contributed by atoms with Gasteiger partial charge in [-0.3, -0.25) is 14.6 Å². The minimum Gasteiger partial charge on any atom is -0.507 e. The Labute approximate surface area is 210 Å². The molecule has 0 bridgehead atoms. The highest BCUT2D eigenvalue weighted by molar-refractivity contribution is 6.46. The number of aliphatic hydroxyl groups is 1. The van der Waals surface area contributed by atoms with Gasteiger partial charge in [-0.2, -0.15) is 0 Å². The molecule has 3 heterocycles. The maximum Gasteiger partial charge on any atom is 0.295 e. The summed E-state index contributed by atoms with van der Waals surface area (Å²) in [6.07, 6.45) is 4.94. The van der Waals surface area contributed by atoms with Gasteiger partial charge in [0, 0.05) is 30.9 Å². The van der Waals surface area contributed by atoms with Gasteiger partial charge in [-0.05, 0) is 66.4 Å². The molecule has 2 atom stereocenters. The normalized spacial score (nSPS) is 20.3. The Morgan fingerprint density at radius 3 is 2.81 bits per heavy atom. The van der Waals surface area contributed by atoms with Gasteiger partial charge in [0.05, 0.1) is 18.2 Å². The molecular weight excluding hydrogens is 456 g/mol. The molecule has 5 rings (SSSR count). The monoisotopic (exact) mass is 484 g/mol. The van der Waals surface area contributed by atoms with E-state index in [9.17, 15) is 14.7 Å². The lowest BCUT2D eigenvalue weighted by Crippen LogP contribution is -2.29. The average Bonchev–Trinajstić information content (AvgIpc) is 3.39. The van der Waals surface area contributed by atoms with Crippen molar-refractivity contribution in [2.45, 2.75) is 45.4 Å². The lowest BCUT2D eigenvalue weighted by atomic mass is 9.94. The van der Waals surface area contributed by atoms with Gasteiger partial charge in [0.2, 0.25) is 0 Å². The number of aliphatic hydroxyl groups excluding tert-OH is 1. The van der Waals surface area contributed by atoms with E-state index in [0.717, 1.165) is 23.3 Å². The maximum atomic E-state index is 13.4. The first-order valence-corrected chi connectivity index (χ1v) is 12.2. The summed E-state index contributed by atoms with van der Waals surface area (Å²) in [5.41, 5.74) is 2.97. The fourth-order valence-corrected chi connectivity index (χ4v) is 4.80. The number of hydrogen-bond acceptors (Lipinski definition) is 6. The van der Waals surface area contributed by atoms with Crippen molar-refractivity contribution < 1.29 is 24.2 Å². The van der Waals surface area contributed by atoms with E-state index in [1.165, 1.54) is 4.90 Å². The van der Waals surface area contributed by atoms with E-state index in [-0.39, 0.29) is 24.0 Å². The van der Waals surface area contributed by atoms with Crippen LogP contribution in [0.15, 0.2) is 72.6 Å². The Kier molecular flexibility index (Phi) is 6.46. The zero-order valence-corrected chi connectivity index (χ0v) is 20.3. The lowest BCUT2D eigenvalue weighted by molar-refractivity contribution is -0.140. The molecular formula is C29H28N2O5. The standard InChI is InChI=1S/C29H28N2O5/c1-3-12-35-23-8-4-7-20(15-23)26-25(27(32)21-9-10-24-22(14-21)13-18(2)36-24)28(33)29(34)31(26)17-19-6-5-11-30-16-19/h4-11,14-16,18,26,32H,3,12-13,17H2,1-2H3/b27-25+/t18-,26-/m1/s1. The first kappa shape index (κ1) is 23.6. The van der Waals surface area contributed by atoms with Crippen molar-refractivity contribution in [1.29, 1.82) is 0 Å². The topological polar surface area (TPSA) is 89.0 Å². The van der Waals surface area contributed by atoms with E-state index in [1.807, 2.05) is 50.2 Å². The highest BCUT2D eigenvalue weighted by Crippen LogP contribution is 2.42. The number of amides is 1. The molecule has 1 N–H and O–H groups in total. The number of rotatable bonds is 7. The summed E-state index contributed by atoms with van der Waals surface area (Å²) < 4.78 is 11.6. The largest absolute Gasteiger partial charge is 0.507 e. The van der Waals surface area contributed by atoms with Crippen LogP contribution in [0.5, 0.6) is 11.5 Å². The van der Waals surface area contributed by atoms with Gasteiger partial charge in [0.15, 0.2) is 0 Å². The van der Waals surface area contributed by atoms with Gasteiger partial charge < -0.3 is 19.5 Å². The van der Waals surface area contributed by atoms with Crippen LogP contribution in [0.1, 0.15) is 48.6 Å². The smallest absolute Gasteiger partial charge is 0.295 e. The number of aromatic nitrogens is 1. The number of Topliss-reactive ketones (excluding diaryl/α,β-unsaturated/α-hetero) is 1. The van der Waals surface area contributed by atoms with Gasteiger partial charge in [-0.25, -0.2) is 0 Å². The third-order valence-corrected chi connectivity index (χ3v) is 6.43. The van der Waals surface area contributed by atoms with Crippen LogP contribution < -0.4 is 9.47 Å². The third kappa shape index (κ3) is 4.44. The average molecular weight is 485 g/mol. The number of carbonyl (C=O) groups is 2. The van der Waals surface area contributed by atoms with Crippen molar-refractivity contribution in [3.8, 4) is 11.5 Å². The van der Waals surface area contributed by atoms with E-state index >= 15 is 0 Å². The number of fused-ring (bicyclic) bond motifs is 1. The number of ketones is 1. The van der Waals surface area contributed by atoms with E-state index in [4.69, 9.17) is 9.47 Å². The first-order valence-electron chi connectivity index (χ1n) is 12.2. The maximum absolute atomic E-state index is 13.4. The Morgan fingerprint density at radius 1 is 1.17 bits per heavy atom. The Bertz CT molecular complexity index is 1330. The van der Waals surface area contributed by atoms with E-state index in [0.29, 0.717) is 29.9 Å². The van der Waals surface area contributed by atoms with E-state index in [1.54, 1.807) is 30.6 Å². The zero-order chi connectivity index (χ0) is 25.2. The van der Waals surface area contributed by atoms with Crippen molar-refractivity contribution in [1.82, 2.24) is 9.88 Å². The quantitative estimate of drug-likeness (QED) is 0.294. The fourth-order valence-electron chi connectivity index (χ4n) is 4.80. The predicted octanol–water partition coefficient (Wildman–Crippen LogP) is 4.82. The fraction of sp³-hybridized carbons (Fsp3) is 0.276. The number of benzene rings is 2. The van der Waals surface area contributed by atoms with Crippen LogP contribution in [-0.2, 0) is 22.6 Å². The van der Waals surface area contributed by atoms with Crippen LogP contribution in [0.3, 0.4) is 0 Å². The van der Waals surface area contributed by atoms with Crippen molar-refractivity contribution >= 4 is 17.4 Å². The molecule has 0 saturated carbocycles. The number of nitrogens with zero attached hydrogens (tertiary/aromatic N) is 2. The van der Waals surface area contributed by atoms with Crippen molar-refractivity contribution in [3.63, 3.8) is 0 Å². The van der Waals surface area contributed by atoms with Crippen LogP contribution in [0.25, 0.3) is 5.76 Å². The lowest BCUT2D eigenvalue weighted by Gasteiger charge is -2.25. The summed E-state index contributed by atoms with van der Waals surface area (Å²) in [6, 6.07) is 15.6. The molecule has 2 aliphatic rings. The van der Waals surface area contributed by atoms with E-state index in [2.05, 4.69) is 4.98 Å². The van der Waals surface area contributed by atoms with Crippen LogP contribution in [0, 0.1) is 0 Å². The van der Waals surface area contributed by atoms with Gasteiger partial charge in [-0.15, -0.1) is 0 Å². The molecule has 2 aromatic carbocycles. The molecule has 7 heteroatoms. The van der Waals surface area contributed by atoms with E-state index < -0.39 is 17.7 Å². The molecule has 0 radical (unpaired) electrons. The van der Waals surface area contributed by atoms with Gasteiger partial charge in [-0.1, -0.05) is 25.1 Å². The van der Waals surface area contributed by atoms with Crippen molar-refractivity contribution in [2.75, 3.05) is 6.61 Å².